The lowest BCUT2D eigenvalue weighted by Gasteiger charge is -2.18. The summed E-state index contributed by atoms with van der Waals surface area (Å²) >= 11 is 0. The number of carbonyl (C=O) groups excluding carboxylic acids is 2. The van der Waals surface area contributed by atoms with E-state index in [9.17, 15) is 9.59 Å². The molecule has 4 rings (SSSR count). The Bertz CT molecular complexity index is 1240. The van der Waals surface area contributed by atoms with Gasteiger partial charge in [0.25, 0.3) is 5.91 Å². The molecule has 7 heteroatoms. The number of rotatable bonds is 10. The maximum absolute atomic E-state index is 13.0. The summed E-state index contributed by atoms with van der Waals surface area (Å²) in [5, 5.41) is 5.53. The van der Waals surface area contributed by atoms with Crippen LogP contribution in [-0.4, -0.2) is 24.5 Å². The molecule has 2 N–H and O–H groups in total. The van der Waals surface area contributed by atoms with Crippen molar-refractivity contribution in [2.45, 2.75) is 19.6 Å². The molecule has 0 fully saturated rings. The zero-order valence-corrected chi connectivity index (χ0v) is 19.3. The third-order valence-electron chi connectivity index (χ3n) is 5.08. The lowest BCUT2D eigenvalue weighted by Crippen LogP contribution is -2.46. The Kier molecular flexibility index (Phi) is 7.93. The third kappa shape index (κ3) is 7.06. The summed E-state index contributed by atoms with van der Waals surface area (Å²) in [5.41, 5.74) is 1.53. The van der Waals surface area contributed by atoms with Gasteiger partial charge in [-0.15, -0.1) is 0 Å². The minimum Gasteiger partial charge on any atom is -0.457 e. The largest absolute Gasteiger partial charge is 0.457 e. The Morgan fingerprint density at radius 3 is 2.14 bits per heavy atom. The fourth-order valence-corrected chi connectivity index (χ4v) is 3.30. The van der Waals surface area contributed by atoms with Crippen LogP contribution in [0.1, 0.15) is 21.9 Å². The number of nitrogens with one attached hydrogen (secondary N) is 2. The number of benzene rings is 3. The van der Waals surface area contributed by atoms with E-state index < -0.39 is 17.9 Å². The van der Waals surface area contributed by atoms with E-state index >= 15 is 0 Å². The van der Waals surface area contributed by atoms with Crippen LogP contribution >= 0.6 is 0 Å². The molecule has 0 radical (unpaired) electrons. The van der Waals surface area contributed by atoms with Crippen LogP contribution in [0.2, 0.25) is 0 Å². The highest BCUT2D eigenvalue weighted by molar-refractivity contribution is 6.00. The Balaban J connectivity index is 1.39. The quantitative estimate of drug-likeness (QED) is 0.327. The van der Waals surface area contributed by atoms with E-state index in [0.29, 0.717) is 23.8 Å². The second-order valence-electron chi connectivity index (χ2n) is 7.87. The fraction of sp³-hybridized carbons (Fsp3) is 0.143. The zero-order valence-electron chi connectivity index (χ0n) is 19.3. The number of para-hydroxylation sites is 1. The molecule has 0 spiro atoms. The van der Waals surface area contributed by atoms with Crippen LogP contribution in [0.5, 0.6) is 11.5 Å². The van der Waals surface area contributed by atoms with Crippen molar-refractivity contribution in [1.29, 1.82) is 0 Å². The molecule has 7 nitrogen and oxygen atoms in total. The molecule has 1 aromatic heterocycles. The predicted molar refractivity (Wildman–Crippen MR) is 132 cm³/mol. The summed E-state index contributed by atoms with van der Waals surface area (Å²) in [6.45, 7) is 2.04. The number of furan rings is 1. The summed E-state index contributed by atoms with van der Waals surface area (Å²) in [6.07, 6.45) is 0. The van der Waals surface area contributed by atoms with Crippen LogP contribution in [0.15, 0.2) is 101 Å². The average Bonchev–Trinajstić information content (AvgIpc) is 3.32. The van der Waals surface area contributed by atoms with Gasteiger partial charge >= 0.3 is 0 Å². The first-order chi connectivity index (χ1) is 17.1. The summed E-state index contributed by atoms with van der Waals surface area (Å²) < 4.78 is 16.9. The van der Waals surface area contributed by atoms with E-state index in [1.165, 1.54) is 0 Å². The number of amides is 2. The molecule has 35 heavy (non-hydrogen) atoms. The van der Waals surface area contributed by atoms with Crippen LogP contribution in [0.25, 0.3) is 0 Å². The maximum atomic E-state index is 13.0. The summed E-state index contributed by atoms with van der Waals surface area (Å²) in [7, 11) is 0. The maximum Gasteiger partial charge on any atom is 0.287 e. The van der Waals surface area contributed by atoms with Crippen molar-refractivity contribution in [2.75, 3.05) is 11.9 Å². The zero-order chi connectivity index (χ0) is 24.5. The summed E-state index contributed by atoms with van der Waals surface area (Å²) in [6, 6.07) is 28.3. The van der Waals surface area contributed by atoms with E-state index in [0.717, 1.165) is 11.3 Å². The molecular formula is C28H26N2O5. The van der Waals surface area contributed by atoms with Gasteiger partial charge in [0.1, 0.15) is 23.3 Å². The van der Waals surface area contributed by atoms with E-state index in [1.54, 1.807) is 43.3 Å². The monoisotopic (exact) mass is 470 g/mol. The van der Waals surface area contributed by atoms with Gasteiger partial charge in [0.15, 0.2) is 5.76 Å². The van der Waals surface area contributed by atoms with Gasteiger partial charge in [-0.05, 0) is 61.0 Å². The number of carbonyl (C=O) groups is 2. The van der Waals surface area contributed by atoms with Gasteiger partial charge in [-0.3, -0.25) is 9.59 Å². The lowest BCUT2D eigenvalue weighted by molar-refractivity contribution is -0.119. The molecule has 4 aromatic rings. The molecule has 0 saturated carbocycles. The highest BCUT2D eigenvalue weighted by Crippen LogP contribution is 2.22. The molecule has 1 heterocycles. The molecule has 178 valence electrons. The van der Waals surface area contributed by atoms with Gasteiger partial charge < -0.3 is 24.5 Å². The van der Waals surface area contributed by atoms with Gasteiger partial charge in [-0.25, -0.2) is 0 Å². The molecule has 0 saturated heterocycles. The minimum atomic E-state index is -0.933. The van der Waals surface area contributed by atoms with E-state index in [-0.39, 0.29) is 12.4 Å². The van der Waals surface area contributed by atoms with Crippen molar-refractivity contribution in [3.63, 3.8) is 0 Å². The van der Waals surface area contributed by atoms with Crippen molar-refractivity contribution in [2.24, 2.45) is 0 Å². The first-order valence-corrected chi connectivity index (χ1v) is 11.2. The molecule has 2 amide bonds. The molecule has 1 unspecified atom stereocenters. The van der Waals surface area contributed by atoms with E-state index in [4.69, 9.17) is 13.9 Å². The van der Waals surface area contributed by atoms with Gasteiger partial charge in [-0.2, -0.15) is 0 Å². The lowest BCUT2D eigenvalue weighted by atomic mass is 10.2. The smallest absolute Gasteiger partial charge is 0.287 e. The van der Waals surface area contributed by atoms with Gasteiger partial charge in [0, 0.05) is 5.69 Å². The molecule has 0 aliphatic rings. The second-order valence-corrected chi connectivity index (χ2v) is 7.87. The second kappa shape index (κ2) is 11.7. The summed E-state index contributed by atoms with van der Waals surface area (Å²) in [4.78, 5) is 25.7. The fourth-order valence-electron chi connectivity index (χ4n) is 3.30. The van der Waals surface area contributed by atoms with Crippen molar-refractivity contribution in [3.05, 3.63) is 114 Å². The van der Waals surface area contributed by atoms with Crippen molar-refractivity contribution >= 4 is 17.5 Å². The van der Waals surface area contributed by atoms with Gasteiger partial charge in [0.2, 0.25) is 5.91 Å². The Morgan fingerprint density at radius 1 is 0.829 bits per heavy atom. The molecule has 0 aliphatic heterocycles. The highest BCUT2D eigenvalue weighted by Gasteiger charge is 2.23. The normalized spacial score (nSPS) is 11.5. The third-order valence-corrected chi connectivity index (χ3v) is 5.08. The van der Waals surface area contributed by atoms with Gasteiger partial charge in [0.05, 0.1) is 13.2 Å². The van der Waals surface area contributed by atoms with E-state index in [2.05, 4.69) is 10.6 Å². The van der Waals surface area contributed by atoms with E-state index in [1.807, 2.05) is 60.7 Å². The topological polar surface area (TPSA) is 89.8 Å². The van der Waals surface area contributed by atoms with Crippen molar-refractivity contribution in [1.82, 2.24) is 5.32 Å². The predicted octanol–water partition coefficient (Wildman–Crippen LogP) is 5.33. The molecular weight excluding hydrogens is 444 g/mol. The Hall–Kier alpha value is -4.36. The van der Waals surface area contributed by atoms with Crippen LogP contribution in [0, 0.1) is 6.92 Å². The SMILES string of the molecule is Cc1ccc(C(=O)NC(COCc2ccccc2)C(=O)Nc2ccc(Oc3ccccc3)cc2)o1. The molecule has 3 aromatic carbocycles. The average molecular weight is 471 g/mol. The van der Waals surface area contributed by atoms with Crippen LogP contribution < -0.4 is 15.4 Å². The first kappa shape index (κ1) is 23.8. The standard InChI is InChI=1S/C28H26N2O5/c1-20-12-17-26(34-20)28(32)30-25(19-33-18-21-8-4-2-5-9-21)27(31)29-22-13-15-24(16-14-22)35-23-10-6-3-7-11-23/h2-17,25H,18-19H2,1H3,(H,29,31)(H,30,32). The number of ether oxygens (including phenoxy) is 2. The molecule has 0 aliphatic carbocycles. The van der Waals surface area contributed by atoms with Crippen LogP contribution in [-0.2, 0) is 16.1 Å². The Morgan fingerprint density at radius 2 is 1.49 bits per heavy atom. The van der Waals surface area contributed by atoms with Crippen molar-refractivity contribution in [3.8, 4) is 11.5 Å². The van der Waals surface area contributed by atoms with Crippen molar-refractivity contribution < 1.29 is 23.5 Å². The molecule has 1 atom stereocenters. The summed E-state index contributed by atoms with van der Waals surface area (Å²) in [5.74, 6) is 1.19. The van der Waals surface area contributed by atoms with Gasteiger partial charge in [-0.1, -0.05) is 48.5 Å². The number of anilines is 1. The Labute approximate surface area is 203 Å². The number of hydrogen-bond acceptors (Lipinski definition) is 5. The first-order valence-electron chi connectivity index (χ1n) is 11.2. The molecule has 0 bridgehead atoms. The number of aryl methyl sites for hydroxylation is 1. The minimum absolute atomic E-state index is 0.0125. The van der Waals surface area contributed by atoms with Crippen LogP contribution in [0.3, 0.4) is 0 Å². The highest BCUT2D eigenvalue weighted by atomic mass is 16.5. The number of hydrogen-bond donors (Lipinski definition) is 2. The van der Waals surface area contributed by atoms with Crippen LogP contribution in [0.4, 0.5) is 5.69 Å².